The van der Waals surface area contributed by atoms with Crippen molar-refractivity contribution in [3.05, 3.63) is 89.7 Å². The molecule has 0 aromatic heterocycles. The highest BCUT2D eigenvalue weighted by atomic mass is 32.2. The average Bonchev–Trinajstić information content (AvgIpc) is 2.99. The molecule has 1 fully saturated rings. The first-order valence-electron chi connectivity index (χ1n) is 14.2. The van der Waals surface area contributed by atoms with Gasteiger partial charge in [-0.1, -0.05) is 49.1 Å². The minimum absolute atomic E-state index is 0.00680. The van der Waals surface area contributed by atoms with Crippen molar-refractivity contribution in [3.63, 3.8) is 0 Å². The molecule has 0 heterocycles. The molecule has 0 aliphatic heterocycles. The van der Waals surface area contributed by atoms with Crippen molar-refractivity contribution >= 4 is 27.5 Å². The van der Waals surface area contributed by atoms with E-state index in [1.165, 1.54) is 29.2 Å². The lowest BCUT2D eigenvalue weighted by Gasteiger charge is -2.33. The van der Waals surface area contributed by atoms with Gasteiger partial charge in [0.15, 0.2) is 0 Å². The number of amides is 2. The maximum absolute atomic E-state index is 14.1. The zero-order chi connectivity index (χ0) is 30.3. The molecular formula is C32H38FN3O5S. The van der Waals surface area contributed by atoms with E-state index in [1.807, 2.05) is 13.0 Å². The van der Waals surface area contributed by atoms with E-state index in [4.69, 9.17) is 4.74 Å². The number of sulfonamides is 1. The van der Waals surface area contributed by atoms with Crippen LogP contribution in [0, 0.1) is 12.7 Å². The van der Waals surface area contributed by atoms with Crippen molar-refractivity contribution < 1.29 is 27.1 Å². The number of rotatable bonds is 11. The molecule has 0 spiro atoms. The van der Waals surface area contributed by atoms with Gasteiger partial charge in [-0.05, 0) is 80.8 Å². The van der Waals surface area contributed by atoms with E-state index in [-0.39, 0.29) is 29.1 Å². The van der Waals surface area contributed by atoms with Gasteiger partial charge in [-0.3, -0.25) is 13.9 Å². The number of carbonyl (C=O) groups is 2. The second kappa shape index (κ2) is 13.8. The fraction of sp³-hybridized carbons (Fsp3) is 0.375. The minimum atomic E-state index is -4.22. The van der Waals surface area contributed by atoms with Crippen LogP contribution in [0.5, 0.6) is 5.75 Å². The van der Waals surface area contributed by atoms with Crippen LogP contribution in [0.3, 0.4) is 0 Å². The van der Waals surface area contributed by atoms with Gasteiger partial charge in [-0.25, -0.2) is 12.8 Å². The van der Waals surface area contributed by atoms with Crippen LogP contribution in [0.4, 0.5) is 10.1 Å². The van der Waals surface area contributed by atoms with E-state index in [0.717, 1.165) is 59.7 Å². The number of hydrogen-bond acceptors (Lipinski definition) is 5. The fourth-order valence-electron chi connectivity index (χ4n) is 5.09. The predicted octanol–water partition coefficient (Wildman–Crippen LogP) is 5.20. The molecule has 0 unspecified atom stereocenters. The Morgan fingerprint density at radius 3 is 2.31 bits per heavy atom. The van der Waals surface area contributed by atoms with Gasteiger partial charge in [0, 0.05) is 12.6 Å². The molecule has 10 heteroatoms. The van der Waals surface area contributed by atoms with E-state index < -0.39 is 34.3 Å². The number of ether oxygens (including phenoxy) is 1. The number of carbonyl (C=O) groups excluding carboxylic acids is 2. The molecule has 0 radical (unpaired) electrons. The second-order valence-electron chi connectivity index (χ2n) is 10.7. The van der Waals surface area contributed by atoms with Gasteiger partial charge in [-0.2, -0.15) is 0 Å². The third-order valence-corrected chi connectivity index (χ3v) is 9.40. The summed E-state index contributed by atoms with van der Waals surface area (Å²) in [6, 6.07) is 17.5. The lowest BCUT2D eigenvalue weighted by atomic mass is 9.95. The standard InChI is InChI=1S/C32H38FN3O5S/c1-23-12-18-30(19-13-23)42(39,40)36(28-16-14-26(33)15-17-28)22-31(37)35(21-25-8-7-11-29(20-25)41-3)24(2)32(38)34-27-9-5-4-6-10-27/h7-8,11-20,24,27H,4-6,9-10,21-22H2,1-3H3,(H,34,38)/t24-/m1/s1. The first-order valence-corrected chi connectivity index (χ1v) is 15.6. The molecule has 1 N–H and O–H groups in total. The van der Waals surface area contributed by atoms with Crippen LogP contribution < -0.4 is 14.4 Å². The summed E-state index contributed by atoms with van der Waals surface area (Å²) in [5.41, 5.74) is 1.72. The molecule has 1 saturated carbocycles. The summed E-state index contributed by atoms with van der Waals surface area (Å²) < 4.78 is 47.8. The number of hydrogen-bond donors (Lipinski definition) is 1. The van der Waals surface area contributed by atoms with Gasteiger partial charge in [0.1, 0.15) is 24.2 Å². The molecule has 4 rings (SSSR count). The molecule has 224 valence electrons. The van der Waals surface area contributed by atoms with Crippen LogP contribution in [0.1, 0.15) is 50.2 Å². The number of nitrogens with one attached hydrogen (secondary N) is 1. The zero-order valence-corrected chi connectivity index (χ0v) is 25.1. The van der Waals surface area contributed by atoms with Crippen molar-refractivity contribution in [2.45, 2.75) is 69.5 Å². The smallest absolute Gasteiger partial charge is 0.264 e. The summed E-state index contributed by atoms with van der Waals surface area (Å²) in [6.07, 6.45) is 4.98. The van der Waals surface area contributed by atoms with Gasteiger partial charge in [-0.15, -0.1) is 0 Å². The molecular weight excluding hydrogens is 557 g/mol. The first kappa shape index (κ1) is 31.0. The van der Waals surface area contributed by atoms with Gasteiger partial charge < -0.3 is 15.0 Å². The average molecular weight is 596 g/mol. The maximum atomic E-state index is 14.1. The summed E-state index contributed by atoms with van der Waals surface area (Å²) in [5.74, 6) is -0.823. The molecule has 3 aromatic carbocycles. The summed E-state index contributed by atoms with van der Waals surface area (Å²) in [5, 5.41) is 3.08. The third-order valence-electron chi connectivity index (χ3n) is 7.61. The van der Waals surface area contributed by atoms with Gasteiger partial charge in [0.2, 0.25) is 11.8 Å². The number of methoxy groups -OCH3 is 1. The highest BCUT2D eigenvalue weighted by Gasteiger charge is 2.33. The molecule has 0 bridgehead atoms. The first-order chi connectivity index (χ1) is 20.1. The van der Waals surface area contributed by atoms with Crippen molar-refractivity contribution in [2.24, 2.45) is 0 Å². The largest absolute Gasteiger partial charge is 0.497 e. The maximum Gasteiger partial charge on any atom is 0.264 e. The minimum Gasteiger partial charge on any atom is -0.497 e. The van der Waals surface area contributed by atoms with Crippen LogP contribution in [0.25, 0.3) is 0 Å². The van der Waals surface area contributed by atoms with Gasteiger partial charge in [0.05, 0.1) is 17.7 Å². The monoisotopic (exact) mass is 595 g/mol. The molecule has 42 heavy (non-hydrogen) atoms. The van der Waals surface area contributed by atoms with E-state index in [2.05, 4.69) is 5.32 Å². The number of aryl methyl sites for hydroxylation is 1. The zero-order valence-electron chi connectivity index (χ0n) is 24.3. The Kier molecular flexibility index (Phi) is 10.2. The van der Waals surface area contributed by atoms with Gasteiger partial charge in [0.25, 0.3) is 10.0 Å². The van der Waals surface area contributed by atoms with Gasteiger partial charge >= 0.3 is 0 Å². The molecule has 1 aliphatic rings. The number of halogens is 1. The summed E-state index contributed by atoms with van der Waals surface area (Å²) in [7, 11) is -2.68. The van der Waals surface area contributed by atoms with E-state index in [0.29, 0.717) is 5.75 Å². The number of anilines is 1. The Labute approximate surface area is 247 Å². The summed E-state index contributed by atoms with van der Waals surface area (Å²) in [4.78, 5) is 28.8. The number of benzene rings is 3. The normalized spacial score (nSPS) is 14.6. The molecule has 8 nitrogen and oxygen atoms in total. The summed E-state index contributed by atoms with van der Waals surface area (Å²) >= 11 is 0. The lowest BCUT2D eigenvalue weighted by molar-refractivity contribution is -0.139. The van der Waals surface area contributed by atoms with Crippen molar-refractivity contribution in [3.8, 4) is 5.75 Å². The Bertz CT molecular complexity index is 1470. The molecule has 1 atom stereocenters. The summed E-state index contributed by atoms with van der Waals surface area (Å²) in [6.45, 7) is 2.95. The molecule has 2 amide bonds. The molecule has 0 saturated heterocycles. The third kappa shape index (κ3) is 7.67. The SMILES string of the molecule is COc1cccc(CN(C(=O)CN(c2ccc(F)cc2)S(=O)(=O)c2ccc(C)cc2)[C@H](C)C(=O)NC2CCCCC2)c1. The Morgan fingerprint density at radius 2 is 1.67 bits per heavy atom. The Hall–Kier alpha value is -3.92. The molecule has 1 aliphatic carbocycles. The highest BCUT2D eigenvalue weighted by Crippen LogP contribution is 2.26. The van der Waals surface area contributed by atoms with Crippen molar-refractivity contribution in [2.75, 3.05) is 18.0 Å². The van der Waals surface area contributed by atoms with Crippen LogP contribution >= 0.6 is 0 Å². The van der Waals surface area contributed by atoms with Crippen molar-refractivity contribution in [1.29, 1.82) is 0 Å². The van der Waals surface area contributed by atoms with Crippen LogP contribution in [0.2, 0.25) is 0 Å². The Morgan fingerprint density at radius 1 is 1.00 bits per heavy atom. The predicted molar refractivity (Wildman–Crippen MR) is 160 cm³/mol. The Balaban J connectivity index is 1.68. The van der Waals surface area contributed by atoms with E-state index in [9.17, 15) is 22.4 Å². The van der Waals surface area contributed by atoms with Crippen LogP contribution in [-0.2, 0) is 26.2 Å². The lowest BCUT2D eigenvalue weighted by Crippen LogP contribution is -2.53. The van der Waals surface area contributed by atoms with Crippen molar-refractivity contribution in [1.82, 2.24) is 10.2 Å². The molecule has 3 aromatic rings. The van der Waals surface area contributed by atoms with Crippen LogP contribution in [0.15, 0.2) is 77.7 Å². The van der Waals surface area contributed by atoms with E-state index >= 15 is 0 Å². The number of nitrogens with zero attached hydrogens (tertiary/aromatic N) is 2. The highest BCUT2D eigenvalue weighted by molar-refractivity contribution is 7.92. The van der Waals surface area contributed by atoms with E-state index in [1.54, 1.807) is 44.4 Å². The quantitative estimate of drug-likeness (QED) is 0.329. The second-order valence-corrected chi connectivity index (χ2v) is 12.6. The van der Waals surface area contributed by atoms with Crippen LogP contribution in [-0.4, -0.2) is 50.9 Å². The fourth-order valence-corrected chi connectivity index (χ4v) is 6.51. The topological polar surface area (TPSA) is 96.0 Å².